The van der Waals surface area contributed by atoms with Crippen LogP contribution in [0.3, 0.4) is 0 Å². The summed E-state index contributed by atoms with van der Waals surface area (Å²) in [6, 6.07) is 15.6. The van der Waals surface area contributed by atoms with Crippen molar-refractivity contribution in [2.75, 3.05) is 18.0 Å². The van der Waals surface area contributed by atoms with Crippen LogP contribution in [0.2, 0.25) is 0 Å². The number of fused-ring (bicyclic) bond motifs is 1. The van der Waals surface area contributed by atoms with Gasteiger partial charge in [-0.05, 0) is 43.0 Å². The summed E-state index contributed by atoms with van der Waals surface area (Å²) in [4.78, 5) is 33.7. The minimum atomic E-state index is -0.482. The van der Waals surface area contributed by atoms with Crippen LogP contribution in [0.15, 0.2) is 73.6 Å². The summed E-state index contributed by atoms with van der Waals surface area (Å²) in [5, 5.41) is 0. The highest BCUT2D eigenvalue weighted by Gasteiger charge is 2.37. The maximum absolute atomic E-state index is 13.3. The number of nitrogens with zero attached hydrogens (tertiary/aromatic N) is 4. The second kappa shape index (κ2) is 8.95. The van der Waals surface area contributed by atoms with E-state index < -0.39 is 6.04 Å². The molecule has 1 aliphatic rings. The predicted octanol–water partition coefficient (Wildman–Crippen LogP) is 3.48. The molecule has 0 bridgehead atoms. The number of carbonyl (C=O) groups is 2. The first-order chi connectivity index (χ1) is 14.7. The Hall–Kier alpha value is -3.41. The predicted molar refractivity (Wildman–Crippen MR) is 117 cm³/mol. The van der Waals surface area contributed by atoms with E-state index in [4.69, 9.17) is 0 Å². The van der Waals surface area contributed by atoms with Gasteiger partial charge in [-0.25, -0.2) is 4.98 Å². The van der Waals surface area contributed by atoms with Crippen molar-refractivity contribution in [3.8, 4) is 0 Å². The molecule has 0 radical (unpaired) electrons. The largest absolute Gasteiger partial charge is 0.325 e. The van der Waals surface area contributed by atoms with E-state index >= 15 is 0 Å². The lowest BCUT2D eigenvalue weighted by atomic mass is 10.0. The number of pyridine rings is 1. The number of aromatic nitrogens is 2. The molecular weight excluding hydrogens is 376 g/mol. The van der Waals surface area contributed by atoms with Crippen LogP contribution in [0.25, 0.3) is 5.65 Å². The number of piperazine rings is 1. The Balaban J connectivity index is 1.47. The van der Waals surface area contributed by atoms with E-state index in [-0.39, 0.29) is 11.8 Å². The Labute approximate surface area is 176 Å². The quantitative estimate of drug-likeness (QED) is 0.449. The van der Waals surface area contributed by atoms with Gasteiger partial charge >= 0.3 is 0 Å². The molecule has 0 N–H and O–H groups in total. The molecule has 1 fully saturated rings. The maximum Gasteiger partial charge on any atom is 0.251 e. The van der Waals surface area contributed by atoms with Gasteiger partial charge in [-0.1, -0.05) is 49.4 Å². The van der Waals surface area contributed by atoms with E-state index in [0.717, 1.165) is 24.9 Å². The maximum atomic E-state index is 13.3. The second-order valence-electron chi connectivity index (χ2n) is 7.54. The van der Waals surface area contributed by atoms with Crippen LogP contribution in [-0.2, 0) is 16.0 Å². The van der Waals surface area contributed by atoms with Gasteiger partial charge in [0.2, 0.25) is 5.91 Å². The highest BCUT2D eigenvalue weighted by molar-refractivity contribution is 6.01. The van der Waals surface area contributed by atoms with Gasteiger partial charge in [-0.2, -0.15) is 0 Å². The topological polar surface area (TPSA) is 57.9 Å². The first kappa shape index (κ1) is 19.9. The third kappa shape index (κ3) is 4.13. The molecule has 6 heteroatoms. The first-order valence-electron chi connectivity index (χ1n) is 10.4. The Morgan fingerprint density at radius 1 is 1.10 bits per heavy atom. The van der Waals surface area contributed by atoms with Crippen LogP contribution in [0.5, 0.6) is 0 Å². The molecule has 1 aromatic carbocycles. The number of hydrogen-bond acceptors (Lipinski definition) is 3. The van der Waals surface area contributed by atoms with Crippen molar-refractivity contribution in [1.29, 1.82) is 0 Å². The van der Waals surface area contributed by atoms with Crippen molar-refractivity contribution in [1.82, 2.24) is 14.3 Å². The van der Waals surface area contributed by atoms with E-state index in [1.807, 2.05) is 53.2 Å². The lowest BCUT2D eigenvalue weighted by Gasteiger charge is -2.39. The summed E-state index contributed by atoms with van der Waals surface area (Å²) in [6.07, 6.45) is 8.51. The molecule has 30 heavy (non-hydrogen) atoms. The molecule has 3 heterocycles. The molecule has 0 spiro atoms. The van der Waals surface area contributed by atoms with E-state index in [1.54, 1.807) is 9.80 Å². The Kier molecular flexibility index (Phi) is 5.93. The molecule has 154 valence electrons. The first-order valence-corrected chi connectivity index (χ1v) is 10.4. The van der Waals surface area contributed by atoms with Crippen LogP contribution in [0.1, 0.15) is 24.8 Å². The summed E-state index contributed by atoms with van der Waals surface area (Å²) >= 11 is 0. The van der Waals surface area contributed by atoms with E-state index in [9.17, 15) is 9.59 Å². The van der Waals surface area contributed by atoms with Crippen molar-refractivity contribution in [3.05, 3.63) is 79.1 Å². The summed E-state index contributed by atoms with van der Waals surface area (Å²) in [6.45, 7) is 4.52. The lowest BCUT2D eigenvalue weighted by Crippen LogP contribution is -2.58. The molecule has 0 aliphatic carbocycles. The average molecular weight is 402 g/mol. The fourth-order valence-electron chi connectivity index (χ4n) is 4.04. The normalized spacial score (nSPS) is 16.8. The van der Waals surface area contributed by atoms with E-state index in [0.29, 0.717) is 25.3 Å². The molecule has 4 rings (SSSR count). The van der Waals surface area contributed by atoms with Crippen LogP contribution < -0.4 is 4.90 Å². The van der Waals surface area contributed by atoms with Gasteiger partial charge in [-0.3, -0.25) is 14.5 Å². The zero-order valence-electron chi connectivity index (χ0n) is 17.0. The molecule has 1 atom stereocenters. The highest BCUT2D eigenvalue weighted by Crippen LogP contribution is 2.23. The van der Waals surface area contributed by atoms with Gasteiger partial charge in [0.25, 0.3) is 5.91 Å². The molecule has 6 nitrogen and oxygen atoms in total. The number of amides is 2. The molecule has 0 saturated carbocycles. The average Bonchev–Trinajstić information content (AvgIpc) is 3.21. The molecule has 1 unspecified atom stereocenters. The Morgan fingerprint density at radius 2 is 1.90 bits per heavy atom. The van der Waals surface area contributed by atoms with Gasteiger partial charge < -0.3 is 9.30 Å². The molecule has 2 aromatic heterocycles. The standard InChI is InChI=1S/C24H26N4O2/c1-2-23(29)27-16-17-28(22-18-26-15-9-8-14-21(26)25-22)24(30)20(27)13-7-6-12-19-10-4-3-5-11-19/h2-5,8-11,14-15,18,20H,1,6-7,12-13,16-17H2. The summed E-state index contributed by atoms with van der Waals surface area (Å²) < 4.78 is 1.90. The summed E-state index contributed by atoms with van der Waals surface area (Å²) in [5.74, 6) is 0.372. The van der Waals surface area contributed by atoms with Crippen molar-refractivity contribution >= 4 is 23.3 Å². The summed E-state index contributed by atoms with van der Waals surface area (Å²) in [7, 11) is 0. The summed E-state index contributed by atoms with van der Waals surface area (Å²) in [5.41, 5.74) is 2.09. The van der Waals surface area contributed by atoms with Gasteiger partial charge in [0, 0.05) is 19.3 Å². The number of rotatable bonds is 7. The number of unbranched alkanes of at least 4 members (excludes halogenated alkanes) is 1. The fourth-order valence-corrected chi connectivity index (χ4v) is 4.04. The lowest BCUT2D eigenvalue weighted by molar-refractivity contribution is -0.138. The van der Waals surface area contributed by atoms with Crippen LogP contribution in [0.4, 0.5) is 5.82 Å². The second-order valence-corrected chi connectivity index (χ2v) is 7.54. The minimum Gasteiger partial charge on any atom is -0.325 e. The number of carbonyl (C=O) groups excluding carboxylic acids is 2. The molecule has 3 aromatic rings. The van der Waals surface area contributed by atoms with Crippen LogP contribution >= 0.6 is 0 Å². The van der Waals surface area contributed by atoms with Gasteiger partial charge in [0.1, 0.15) is 11.7 Å². The minimum absolute atomic E-state index is 0.0698. The molecule has 2 amide bonds. The number of aryl methyl sites for hydroxylation is 1. The van der Waals surface area contributed by atoms with Crippen molar-refractivity contribution in [2.24, 2.45) is 0 Å². The Morgan fingerprint density at radius 3 is 2.67 bits per heavy atom. The fraction of sp³-hybridized carbons (Fsp3) is 0.292. The molecule has 1 aliphatic heterocycles. The zero-order chi connectivity index (χ0) is 20.9. The zero-order valence-corrected chi connectivity index (χ0v) is 17.0. The molecular formula is C24H26N4O2. The highest BCUT2D eigenvalue weighted by atomic mass is 16.2. The van der Waals surface area contributed by atoms with Gasteiger partial charge in [0.15, 0.2) is 5.82 Å². The van der Waals surface area contributed by atoms with Crippen LogP contribution in [-0.4, -0.2) is 45.2 Å². The Bertz CT molecular complexity index is 1010. The number of imidazole rings is 1. The molecule has 1 saturated heterocycles. The van der Waals surface area contributed by atoms with Crippen LogP contribution in [0, 0.1) is 0 Å². The monoisotopic (exact) mass is 402 g/mol. The van der Waals surface area contributed by atoms with Crippen molar-refractivity contribution in [2.45, 2.75) is 31.7 Å². The van der Waals surface area contributed by atoms with E-state index in [1.165, 1.54) is 11.6 Å². The van der Waals surface area contributed by atoms with Gasteiger partial charge in [0.05, 0.1) is 6.20 Å². The number of benzene rings is 1. The number of anilines is 1. The smallest absolute Gasteiger partial charge is 0.251 e. The number of hydrogen-bond donors (Lipinski definition) is 0. The van der Waals surface area contributed by atoms with E-state index in [2.05, 4.69) is 23.7 Å². The van der Waals surface area contributed by atoms with Crippen molar-refractivity contribution < 1.29 is 9.59 Å². The van der Waals surface area contributed by atoms with Crippen molar-refractivity contribution in [3.63, 3.8) is 0 Å². The van der Waals surface area contributed by atoms with Gasteiger partial charge in [-0.15, -0.1) is 0 Å². The third-order valence-corrected chi connectivity index (χ3v) is 5.61. The third-order valence-electron chi connectivity index (χ3n) is 5.61. The SMILES string of the molecule is C=CC(=O)N1CCN(c2cn3ccccc3n2)C(=O)C1CCCCc1ccccc1.